The van der Waals surface area contributed by atoms with Gasteiger partial charge in [0.1, 0.15) is 5.75 Å². The molecule has 4 nitrogen and oxygen atoms in total. The number of nitrogens with zero attached hydrogens (tertiary/aromatic N) is 3. The summed E-state index contributed by atoms with van der Waals surface area (Å²) in [6.45, 7) is 2.73. The highest BCUT2D eigenvalue weighted by Crippen LogP contribution is 2.33. The topological polar surface area (TPSA) is 30.3 Å². The molecule has 4 heteroatoms. The van der Waals surface area contributed by atoms with Crippen molar-refractivity contribution in [2.24, 2.45) is 0 Å². The van der Waals surface area contributed by atoms with Gasteiger partial charge >= 0.3 is 0 Å². The summed E-state index contributed by atoms with van der Waals surface area (Å²) in [5.41, 5.74) is 3.65. The molecule has 1 unspecified atom stereocenters. The van der Waals surface area contributed by atoms with Crippen LogP contribution in [0.25, 0.3) is 5.69 Å². The van der Waals surface area contributed by atoms with E-state index in [0.29, 0.717) is 5.92 Å². The zero-order valence-electron chi connectivity index (χ0n) is 14.5. The molecule has 1 aliphatic heterocycles. The lowest BCUT2D eigenvalue weighted by molar-refractivity contribution is 0.228. The number of para-hydroxylation sites is 2. The molecule has 0 fully saturated rings. The average molecular weight is 333 g/mol. The Morgan fingerprint density at radius 3 is 2.80 bits per heavy atom. The van der Waals surface area contributed by atoms with E-state index in [4.69, 9.17) is 4.74 Å². The molecule has 3 aromatic rings. The van der Waals surface area contributed by atoms with E-state index in [1.165, 1.54) is 11.1 Å². The molecule has 0 saturated heterocycles. The summed E-state index contributed by atoms with van der Waals surface area (Å²) in [5.74, 6) is 1.57. The van der Waals surface area contributed by atoms with Crippen molar-refractivity contribution >= 4 is 0 Å². The Morgan fingerprint density at radius 2 is 1.92 bits per heavy atom. The summed E-state index contributed by atoms with van der Waals surface area (Å²) in [6.07, 6.45) is 5.15. The molecule has 2 heterocycles. The minimum Gasteiger partial charge on any atom is -0.493 e. The minimum atomic E-state index is 0.527. The molecular weight excluding hydrogens is 310 g/mol. The third-order valence-corrected chi connectivity index (χ3v) is 4.72. The zero-order chi connectivity index (χ0) is 17.1. The maximum absolute atomic E-state index is 5.77. The van der Waals surface area contributed by atoms with Gasteiger partial charge in [-0.05, 0) is 37.2 Å². The van der Waals surface area contributed by atoms with E-state index >= 15 is 0 Å². The molecule has 2 aromatic carbocycles. The molecule has 4 rings (SSSR count). The molecular formula is C21H23N3O. The van der Waals surface area contributed by atoms with E-state index < -0.39 is 0 Å². The lowest BCUT2D eigenvalue weighted by atomic mass is 9.92. The van der Waals surface area contributed by atoms with Crippen LogP contribution < -0.4 is 4.74 Å². The van der Waals surface area contributed by atoms with Gasteiger partial charge in [0.05, 0.1) is 18.5 Å². The Kier molecular flexibility index (Phi) is 4.53. The number of fused-ring (bicyclic) bond motifs is 1. The number of aromatic nitrogens is 2. The van der Waals surface area contributed by atoms with E-state index in [1.54, 1.807) is 0 Å². The fraction of sp³-hybridized carbons (Fsp3) is 0.286. The molecule has 0 spiro atoms. The van der Waals surface area contributed by atoms with Crippen LogP contribution in [0.1, 0.15) is 23.5 Å². The van der Waals surface area contributed by atoms with Crippen LogP contribution in [0.2, 0.25) is 0 Å². The van der Waals surface area contributed by atoms with Gasteiger partial charge in [-0.3, -0.25) is 0 Å². The lowest BCUT2D eigenvalue weighted by Crippen LogP contribution is -2.27. The minimum absolute atomic E-state index is 0.527. The first kappa shape index (κ1) is 15.9. The highest BCUT2D eigenvalue weighted by atomic mass is 16.5. The number of rotatable bonds is 5. The van der Waals surface area contributed by atoms with Crippen LogP contribution in [-0.2, 0) is 6.54 Å². The van der Waals surface area contributed by atoms with Crippen molar-refractivity contribution in [1.29, 1.82) is 0 Å². The van der Waals surface area contributed by atoms with Gasteiger partial charge in [0.25, 0.3) is 0 Å². The van der Waals surface area contributed by atoms with Gasteiger partial charge in [-0.25, -0.2) is 4.68 Å². The van der Waals surface area contributed by atoms with Crippen molar-refractivity contribution in [3.05, 3.63) is 78.1 Å². The molecule has 1 atom stereocenters. The van der Waals surface area contributed by atoms with Crippen molar-refractivity contribution in [3.63, 3.8) is 0 Å². The van der Waals surface area contributed by atoms with Gasteiger partial charge in [-0.2, -0.15) is 5.10 Å². The molecule has 0 N–H and O–H groups in total. The van der Waals surface area contributed by atoms with E-state index in [-0.39, 0.29) is 0 Å². The number of likely N-dealkylation sites (N-methyl/N-ethyl adjacent to an activating group) is 1. The first-order valence-electron chi connectivity index (χ1n) is 8.79. The van der Waals surface area contributed by atoms with Crippen LogP contribution in [-0.4, -0.2) is 34.9 Å². The molecule has 1 aromatic heterocycles. The zero-order valence-corrected chi connectivity index (χ0v) is 14.5. The van der Waals surface area contributed by atoms with Gasteiger partial charge in [0.2, 0.25) is 0 Å². The molecule has 0 bridgehead atoms. The summed E-state index contributed by atoms with van der Waals surface area (Å²) in [6, 6.07) is 18.6. The van der Waals surface area contributed by atoms with Crippen LogP contribution in [0, 0.1) is 0 Å². The van der Waals surface area contributed by atoms with Gasteiger partial charge in [-0.1, -0.05) is 36.4 Å². The van der Waals surface area contributed by atoms with E-state index in [1.807, 2.05) is 35.1 Å². The van der Waals surface area contributed by atoms with Gasteiger partial charge in [0, 0.05) is 30.8 Å². The SMILES string of the molecule is CN(Cc1cnn(-c2ccccc2)c1)CC1CCOc2ccccc21. The number of benzene rings is 2. The second-order valence-electron chi connectivity index (χ2n) is 6.70. The highest BCUT2D eigenvalue weighted by molar-refractivity contribution is 5.38. The molecule has 0 amide bonds. The van der Waals surface area contributed by atoms with Crippen molar-refractivity contribution in [3.8, 4) is 11.4 Å². The van der Waals surface area contributed by atoms with Gasteiger partial charge in [0.15, 0.2) is 0 Å². The largest absolute Gasteiger partial charge is 0.493 e. The highest BCUT2D eigenvalue weighted by Gasteiger charge is 2.22. The Hall–Kier alpha value is -2.59. The lowest BCUT2D eigenvalue weighted by Gasteiger charge is -2.29. The van der Waals surface area contributed by atoms with Crippen LogP contribution in [0.3, 0.4) is 0 Å². The Bertz CT molecular complexity index is 828. The maximum Gasteiger partial charge on any atom is 0.122 e. The fourth-order valence-electron chi connectivity index (χ4n) is 3.52. The number of hydrogen-bond acceptors (Lipinski definition) is 3. The average Bonchev–Trinajstić information content (AvgIpc) is 3.11. The summed E-state index contributed by atoms with van der Waals surface area (Å²) in [5, 5.41) is 4.49. The second-order valence-corrected chi connectivity index (χ2v) is 6.70. The van der Waals surface area contributed by atoms with Gasteiger partial charge in [-0.15, -0.1) is 0 Å². The van der Waals surface area contributed by atoms with Crippen LogP contribution in [0.4, 0.5) is 0 Å². The monoisotopic (exact) mass is 333 g/mol. The predicted octanol–water partition coefficient (Wildman–Crippen LogP) is 3.87. The maximum atomic E-state index is 5.77. The third kappa shape index (κ3) is 3.59. The fourth-order valence-corrected chi connectivity index (χ4v) is 3.52. The molecule has 0 aliphatic carbocycles. The summed E-state index contributed by atoms with van der Waals surface area (Å²) in [7, 11) is 2.18. The smallest absolute Gasteiger partial charge is 0.122 e. The number of ether oxygens (including phenoxy) is 1. The normalized spacial score (nSPS) is 16.5. The summed E-state index contributed by atoms with van der Waals surface area (Å²) >= 11 is 0. The predicted molar refractivity (Wildman–Crippen MR) is 99.2 cm³/mol. The number of hydrogen-bond donors (Lipinski definition) is 0. The first-order valence-corrected chi connectivity index (χ1v) is 8.79. The summed E-state index contributed by atoms with van der Waals surface area (Å²) in [4.78, 5) is 2.37. The van der Waals surface area contributed by atoms with Crippen molar-refractivity contribution in [2.75, 3.05) is 20.2 Å². The van der Waals surface area contributed by atoms with Crippen LogP contribution >= 0.6 is 0 Å². The van der Waals surface area contributed by atoms with E-state index in [9.17, 15) is 0 Å². The summed E-state index contributed by atoms with van der Waals surface area (Å²) < 4.78 is 7.71. The first-order chi connectivity index (χ1) is 12.3. The second kappa shape index (κ2) is 7.11. The third-order valence-electron chi connectivity index (χ3n) is 4.72. The molecule has 128 valence electrons. The van der Waals surface area contributed by atoms with Crippen molar-refractivity contribution in [1.82, 2.24) is 14.7 Å². The molecule has 0 radical (unpaired) electrons. The van der Waals surface area contributed by atoms with E-state index in [2.05, 4.69) is 53.6 Å². The Balaban J connectivity index is 1.42. The van der Waals surface area contributed by atoms with Crippen LogP contribution in [0.15, 0.2) is 67.0 Å². The Morgan fingerprint density at radius 1 is 1.12 bits per heavy atom. The molecule has 1 aliphatic rings. The molecule has 25 heavy (non-hydrogen) atoms. The van der Waals surface area contributed by atoms with Gasteiger partial charge < -0.3 is 9.64 Å². The Labute approximate surface area is 148 Å². The quantitative estimate of drug-likeness (QED) is 0.710. The van der Waals surface area contributed by atoms with E-state index in [0.717, 1.165) is 37.6 Å². The van der Waals surface area contributed by atoms with Crippen molar-refractivity contribution < 1.29 is 4.74 Å². The molecule has 0 saturated carbocycles. The van der Waals surface area contributed by atoms with Crippen molar-refractivity contribution in [2.45, 2.75) is 18.9 Å². The standard InChI is InChI=1S/C21H23N3O/c1-23(16-18-11-12-25-21-10-6-5-9-20(18)21)14-17-13-22-24(15-17)19-7-3-2-4-8-19/h2-10,13,15,18H,11-12,14,16H2,1H3. The van der Waals surface area contributed by atoms with Crippen LogP contribution in [0.5, 0.6) is 5.75 Å².